The van der Waals surface area contributed by atoms with Crippen LogP contribution in [-0.4, -0.2) is 37.2 Å². The van der Waals surface area contributed by atoms with Gasteiger partial charge in [-0.1, -0.05) is 24.3 Å². The van der Waals surface area contributed by atoms with Crippen LogP contribution in [0.15, 0.2) is 60.9 Å². The molecule has 0 unspecified atom stereocenters. The lowest BCUT2D eigenvalue weighted by Crippen LogP contribution is -2.31. The highest BCUT2D eigenvalue weighted by molar-refractivity contribution is 5.79. The highest BCUT2D eigenvalue weighted by atomic mass is 16.5. The predicted octanol–water partition coefficient (Wildman–Crippen LogP) is 4.26. The van der Waals surface area contributed by atoms with Gasteiger partial charge in [0, 0.05) is 30.7 Å². The van der Waals surface area contributed by atoms with Crippen molar-refractivity contribution in [1.82, 2.24) is 19.5 Å². The standard InChI is InChI=1S/C23H23N5O3/c1-23(2,20(29)30)14-31-22-24-12-16(13-25-22)15-8-10-17(11-9-15)26-21-27-18-6-4-5-7-19(18)28(21)3/h4-13H,14H2,1-3H3,(H,26,27)(H,29,30). The number of imidazole rings is 1. The van der Waals surface area contributed by atoms with Gasteiger partial charge in [0.2, 0.25) is 5.95 Å². The lowest BCUT2D eigenvalue weighted by molar-refractivity contribution is -0.148. The van der Waals surface area contributed by atoms with Gasteiger partial charge in [0.25, 0.3) is 0 Å². The van der Waals surface area contributed by atoms with Crippen molar-refractivity contribution in [3.05, 3.63) is 60.9 Å². The first kappa shape index (κ1) is 20.3. The van der Waals surface area contributed by atoms with Gasteiger partial charge in [0.05, 0.1) is 16.4 Å². The van der Waals surface area contributed by atoms with Crippen LogP contribution in [-0.2, 0) is 11.8 Å². The third-order valence-electron chi connectivity index (χ3n) is 5.03. The van der Waals surface area contributed by atoms with Crippen molar-refractivity contribution in [3.8, 4) is 17.1 Å². The van der Waals surface area contributed by atoms with Crippen molar-refractivity contribution in [1.29, 1.82) is 0 Å². The van der Waals surface area contributed by atoms with Crippen LogP contribution in [0.4, 0.5) is 11.6 Å². The Hall–Kier alpha value is -3.94. The molecule has 2 N–H and O–H groups in total. The number of carbonyl (C=O) groups is 1. The molecule has 0 saturated carbocycles. The largest absolute Gasteiger partial charge is 0.481 e. The topological polar surface area (TPSA) is 102 Å². The summed E-state index contributed by atoms with van der Waals surface area (Å²) >= 11 is 0. The first-order chi connectivity index (χ1) is 14.8. The minimum absolute atomic E-state index is 0.00968. The number of nitrogens with zero attached hydrogens (tertiary/aromatic N) is 4. The van der Waals surface area contributed by atoms with Crippen LogP contribution in [0, 0.1) is 5.41 Å². The fourth-order valence-corrected chi connectivity index (χ4v) is 2.98. The molecule has 158 valence electrons. The van der Waals surface area contributed by atoms with Crippen molar-refractivity contribution < 1.29 is 14.6 Å². The minimum Gasteiger partial charge on any atom is -0.481 e. The first-order valence-electron chi connectivity index (χ1n) is 9.81. The zero-order valence-corrected chi connectivity index (χ0v) is 17.5. The number of aromatic nitrogens is 4. The van der Waals surface area contributed by atoms with Crippen LogP contribution in [0.1, 0.15) is 13.8 Å². The van der Waals surface area contributed by atoms with Gasteiger partial charge >= 0.3 is 12.0 Å². The van der Waals surface area contributed by atoms with Gasteiger partial charge < -0.3 is 19.7 Å². The summed E-state index contributed by atoms with van der Waals surface area (Å²) in [5.41, 5.74) is 3.69. The van der Waals surface area contributed by atoms with Crippen LogP contribution < -0.4 is 10.1 Å². The highest BCUT2D eigenvalue weighted by Crippen LogP contribution is 2.25. The zero-order chi connectivity index (χ0) is 22.0. The maximum Gasteiger partial charge on any atom is 0.316 e. The zero-order valence-electron chi connectivity index (χ0n) is 17.5. The molecule has 2 heterocycles. The molecule has 0 aliphatic heterocycles. The number of carboxylic acid groups (broad SMARTS) is 1. The summed E-state index contributed by atoms with van der Waals surface area (Å²) in [6.45, 7) is 3.17. The molecule has 0 saturated heterocycles. The number of ether oxygens (including phenoxy) is 1. The van der Waals surface area contributed by atoms with Gasteiger partial charge in [-0.3, -0.25) is 4.79 Å². The van der Waals surface area contributed by atoms with Gasteiger partial charge in [0.1, 0.15) is 6.61 Å². The normalized spacial score (nSPS) is 11.5. The molecule has 0 radical (unpaired) electrons. The second-order valence-corrected chi connectivity index (χ2v) is 7.92. The lowest BCUT2D eigenvalue weighted by Gasteiger charge is -2.18. The van der Waals surface area contributed by atoms with E-state index in [2.05, 4.69) is 20.3 Å². The molecule has 2 aromatic carbocycles. The Morgan fingerprint density at radius 1 is 1.06 bits per heavy atom. The molecule has 8 heteroatoms. The summed E-state index contributed by atoms with van der Waals surface area (Å²) in [6.07, 6.45) is 3.31. The van der Waals surface area contributed by atoms with E-state index in [9.17, 15) is 4.79 Å². The number of aryl methyl sites for hydroxylation is 1. The van der Waals surface area contributed by atoms with E-state index in [0.717, 1.165) is 33.8 Å². The summed E-state index contributed by atoms with van der Waals surface area (Å²) in [6, 6.07) is 16.0. The van der Waals surface area contributed by atoms with Crippen LogP contribution >= 0.6 is 0 Å². The number of nitrogens with one attached hydrogen (secondary N) is 1. The lowest BCUT2D eigenvalue weighted by atomic mass is 9.95. The van der Waals surface area contributed by atoms with Gasteiger partial charge in [-0.05, 0) is 43.7 Å². The van der Waals surface area contributed by atoms with E-state index < -0.39 is 11.4 Å². The van der Waals surface area contributed by atoms with E-state index in [-0.39, 0.29) is 12.6 Å². The Morgan fingerprint density at radius 2 is 1.74 bits per heavy atom. The van der Waals surface area contributed by atoms with Crippen molar-refractivity contribution in [3.63, 3.8) is 0 Å². The molecular formula is C23H23N5O3. The Morgan fingerprint density at radius 3 is 2.39 bits per heavy atom. The van der Waals surface area contributed by atoms with E-state index in [1.165, 1.54) is 0 Å². The number of anilines is 2. The fraction of sp³-hybridized carbons (Fsp3) is 0.217. The Labute approximate surface area is 179 Å². The number of fused-ring (bicyclic) bond motifs is 1. The van der Waals surface area contributed by atoms with E-state index in [0.29, 0.717) is 0 Å². The molecule has 2 aromatic heterocycles. The van der Waals surface area contributed by atoms with Crippen molar-refractivity contribution in [2.45, 2.75) is 13.8 Å². The summed E-state index contributed by atoms with van der Waals surface area (Å²) in [5, 5.41) is 12.5. The van der Waals surface area contributed by atoms with Crippen molar-refractivity contribution in [2.24, 2.45) is 12.5 Å². The second-order valence-electron chi connectivity index (χ2n) is 7.92. The molecule has 0 amide bonds. The van der Waals surface area contributed by atoms with E-state index in [4.69, 9.17) is 9.84 Å². The van der Waals surface area contributed by atoms with Crippen molar-refractivity contribution in [2.75, 3.05) is 11.9 Å². The number of hydrogen-bond acceptors (Lipinski definition) is 6. The van der Waals surface area contributed by atoms with Crippen LogP contribution in [0.3, 0.4) is 0 Å². The quantitative estimate of drug-likeness (QED) is 0.463. The Bertz CT molecular complexity index is 1210. The molecular weight excluding hydrogens is 394 g/mol. The molecule has 0 spiro atoms. The number of rotatable bonds is 7. The monoisotopic (exact) mass is 417 g/mol. The van der Waals surface area contributed by atoms with E-state index in [1.807, 2.05) is 60.1 Å². The molecule has 4 aromatic rings. The van der Waals surface area contributed by atoms with Crippen LogP contribution in [0.2, 0.25) is 0 Å². The Kier molecular flexibility index (Phi) is 5.29. The van der Waals surface area contributed by atoms with Crippen molar-refractivity contribution >= 4 is 28.6 Å². The number of aliphatic carboxylic acids is 1. The third-order valence-corrected chi connectivity index (χ3v) is 5.03. The van der Waals surface area contributed by atoms with Gasteiger partial charge in [0.15, 0.2) is 0 Å². The number of benzene rings is 2. The molecule has 0 aliphatic rings. The van der Waals surface area contributed by atoms with Gasteiger partial charge in [-0.25, -0.2) is 15.0 Å². The number of para-hydroxylation sites is 2. The molecule has 8 nitrogen and oxygen atoms in total. The minimum atomic E-state index is -1.01. The molecule has 0 fully saturated rings. The molecule has 4 rings (SSSR count). The third kappa shape index (κ3) is 4.32. The molecule has 0 bridgehead atoms. The summed E-state index contributed by atoms with van der Waals surface area (Å²) in [5.74, 6) is -0.167. The predicted molar refractivity (Wildman–Crippen MR) is 118 cm³/mol. The Balaban J connectivity index is 1.44. The summed E-state index contributed by atoms with van der Waals surface area (Å²) < 4.78 is 7.44. The van der Waals surface area contributed by atoms with Crippen LogP contribution in [0.25, 0.3) is 22.2 Å². The first-order valence-corrected chi connectivity index (χ1v) is 9.81. The second kappa shape index (κ2) is 8.06. The summed E-state index contributed by atoms with van der Waals surface area (Å²) in [4.78, 5) is 24.2. The average Bonchev–Trinajstić information content (AvgIpc) is 3.09. The summed E-state index contributed by atoms with van der Waals surface area (Å²) in [7, 11) is 1.98. The number of hydrogen-bond donors (Lipinski definition) is 2. The maximum atomic E-state index is 11.2. The number of carboxylic acids is 1. The van der Waals surface area contributed by atoms with Crippen LogP contribution in [0.5, 0.6) is 6.01 Å². The highest BCUT2D eigenvalue weighted by Gasteiger charge is 2.28. The van der Waals surface area contributed by atoms with Gasteiger partial charge in [-0.2, -0.15) is 0 Å². The van der Waals surface area contributed by atoms with E-state index in [1.54, 1.807) is 26.2 Å². The maximum absolute atomic E-state index is 11.2. The molecule has 31 heavy (non-hydrogen) atoms. The smallest absolute Gasteiger partial charge is 0.316 e. The SMILES string of the molecule is Cn1c(Nc2ccc(-c3cnc(OCC(C)(C)C(=O)O)nc3)cc2)nc2ccccc21. The average molecular weight is 417 g/mol. The fourth-order valence-electron chi connectivity index (χ4n) is 2.98. The molecule has 0 aliphatic carbocycles. The molecule has 0 atom stereocenters. The van der Waals surface area contributed by atoms with E-state index >= 15 is 0 Å². The van der Waals surface area contributed by atoms with Gasteiger partial charge in [-0.15, -0.1) is 0 Å².